The van der Waals surface area contributed by atoms with Gasteiger partial charge in [0.05, 0.1) is 12.2 Å². The summed E-state index contributed by atoms with van der Waals surface area (Å²) in [6, 6.07) is 19.5. The molecule has 0 saturated heterocycles. The molecule has 2 aromatic rings. The molecule has 0 spiro atoms. The van der Waals surface area contributed by atoms with E-state index in [9.17, 15) is 13.2 Å². The van der Waals surface area contributed by atoms with Crippen LogP contribution in [0, 0.1) is 0 Å². The van der Waals surface area contributed by atoms with Crippen molar-refractivity contribution in [3.8, 4) is 0 Å². The molecule has 6 nitrogen and oxygen atoms in total. The summed E-state index contributed by atoms with van der Waals surface area (Å²) in [6.45, 7) is 2.03. The summed E-state index contributed by atoms with van der Waals surface area (Å²) in [4.78, 5) is 12.4. The van der Waals surface area contributed by atoms with Crippen LogP contribution in [0.5, 0.6) is 0 Å². The first-order valence-corrected chi connectivity index (χ1v) is 11.2. The number of hydrogen-bond donors (Lipinski definition) is 1. The van der Waals surface area contributed by atoms with Crippen molar-refractivity contribution in [3.05, 3.63) is 89.5 Å². The Kier molecular flexibility index (Phi) is 9.47. The number of benzene rings is 2. The van der Waals surface area contributed by atoms with Crippen LogP contribution in [0.25, 0.3) is 5.57 Å². The SMILES string of the molecule is CCCOC/C(=C/C=C(c1ccccc1)c1ccccc1)C(=O)OCCS(=O)(=O)O. The minimum absolute atomic E-state index is 0.0336. The molecule has 0 aromatic heterocycles. The Morgan fingerprint density at radius 3 is 2.00 bits per heavy atom. The zero-order valence-electron chi connectivity index (χ0n) is 16.9. The Morgan fingerprint density at radius 1 is 0.933 bits per heavy atom. The average Bonchev–Trinajstić information content (AvgIpc) is 2.73. The van der Waals surface area contributed by atoms with E-state index in [1.165, 1.54) is 0 Å². The third kappa shape index (κ3) is 8.32. The van der Waals surface area contributed by atoms with Crippen LogP contribution in [0.2, 0.25) is 0 Å². The van der Waals surface area contributed by atoms with Crippen molar-refractivity contribution >= 4 is 21.7 Å². The molecule has 1 N–H and O–H groups in total. The Labute approximate surface area is 177 Å². The molecule has 0 bridgehead atoms. The fourth-order valence-electron chi connectivity index (χ4n) is 2.61. The lowest BCUT2D eigenvalue weighted by molar-refractivity contribution is -0.139. The molecule has 2 rings (SSSR count). The van der Waals surface area contributed by atoms with Crippen molar-refractivity contribution in [1.29, 1.82) is 0 Å². The fraction of sp³-hybridized carbons (Fsp3) is 0.261. The van der Waals surface area contributed by atoms with Gasteiger partial charge in [0.25, 0.3) is 10.1 Å². The number of carbonyl (C=O) groups excluding carboxylic acids is 1. The molecule has 30 heavy (non-hydrogen) atoms. The van der Waals surface area contributed by atoms with Gasteiger partial charge in [-0.05, 0) is 29.2 Å². The summed E-state index contributed by atoms with van der Waals surface area (Å²) >= 11 is 0. The Balaban J connectivity index is 2.32. The summed E-state index contributed by atoms with van der Waals surface area (Å²) in [5, 5.41) is 0. The zero-order chi connectivity index (χ0) is 21.8. The van der Waals surface area contributed by atoms with Crippen LogP contribution < -0.4 is 0 Å². The highest BCUT2D eigenvalue weighted by Gasteiger charge is 2.14. The molecule has 0 radical (unpaired) electrons. The van der Waals surface area contributed by atoms with Gasteiger partial charge in [-0.25, -0.2) is 4.79 Å². The maximum absolute atomic E-state index is 12.4. The number of ether oxygens (including phenoxy) is 2. The Hall–Kier alpha value is -2.74. The molecule has 0 unspecified atom stereocenters. The number of rotatable bonds is 11. The molecule has 0 fully saturated rings. The van der Waals surface area contributed by atoms with Gasteiger partial charge in [-0.1, -0.05) is 73.7 Å². The van der Waals surface area contributed by atoms with Gasteiger partial charge in [0.15, 0.2) is 0 Å². The van der Waals surface area contributed by atoms with E-state index in [2.05, 4.69) is 0 Å². The molecule has 0 aliphatic carbocycles. The van der Waals surface area contributed by atoms with Gasteiger partial charge in [-0.15, -0.1) is 0 Å². The van der Waals surface area contributed by atoms with Crippen LogP contribution in [0.1, 0.15) is 24.5 Å². The fourth-order valence-corrected chi connectivity index (χ4v) is 2.91. The summed E-state index contributed by atoms with van der Waals surface area (Å²) in [5.74, 6) is -1.34. The molecule has 0 heterocycles. The predicted octanol–water partition coefficient (Wildman–Crippen LogP) is 3.90. The van der Waals surface area contributed by atoms with Crippen LogP contribution in [0.3, 0.4) is 0 Å². The molecule has 0 atom stereocenters. The number of allylic oxidation sites excluding steroid dienone is 2. The lowest BCUT2D eigenvalue weighted by Gasteiger charge is -2.10. The van der Waals surface area contributed by atoms with Crippen molar-refractivity contribution in [3.63, 3.8) is 0 Å². The van der Waals surface area contributed by atoms with Crippen molar-refractivity contribution in [1.82, 2.24) is 0 Å². The van der Waals surface area contributed by atoms with E-state index >= 15 is 0 Å². The topological polar surface area (TPSA) is 89.9 Å². The van der Waals surface area contributed by atoms with E-state index in [1.54, 1.807) is 6.08 Å². The van der Waals surface area contributed by atoms with E-state index in [0.717, 1.165) is 23.1 Å². The van der Waals surface area contributed by atoms with E-state index in [-0.39, 0.29) is 12.2 Å². The molecule has 0 saturated carbocycles. The molecular weight excluding hydrogens is 404 g/mol. The smallest absolute Gasteiger partial charge is 0.336 e. The van der Waals surface area contributed by atoms with E-state index < -0.39 is 28.4 Å². The molecule has 160 valence electrons. The van der Waals surface area contributed by atoms with Gasteiger partial charge >= 0.3 is 5.97 Å². The van der Waals surface area contributed by atoms with Crippen molar-refractivity contribution in [2.75, 3.05) is 25.6 Å². The van der Waals surface area contributed by atoms with Gasteiger partial charge in [0, 0.05) is 6.61 Å². The number of carbonyl (C=O) groups is 1. The second-order valence-corrected chi connectivity index (χ2v) is 8.05. The Morgan fingerprint density at radius 2 is 1.50 bits per heavy atom. The van der Waals surface area contributed by atoms with Gasteiger partial charge in [-0.2, -0.15) is 8.42 Å². The van der Waals surface area contributed by atoms with Gasteiger partial charge in [0.1, 0.15) is 12.4 Å². The van der Waals surface area contributed by atoms with E-state index in [0.29, 0.717) is 6.61 Å². The minimum Gasteiger partial charge on any atom is -0.461 e. The minimum atomic E-state index is -4.20. The lowest BCUT2D eigenvalue weighted by atomic mass is 9.97. The van der Waals surface area contributed by atoms with Crippen LogP contribution in [0.4, 0.5) is 0 Å². The first-order chi connectivity index (χ1) is 14.4. The van der Waals surface area contributed by atoms with E-state index in [4.69, 9.17) is 14.0 Å². The van der Waals surface area contributed by atoms with Crippen molar-refractivity contribution in [2.24, 2.45) is 0 Å². The summed E-state index contributed by atoms with van der Waals surface area (Å²) in [5.41, 5.74) is 3.13. The molecule has 0 amide bonds. The third-order valence-electron chi connectivity index (χ3n) is 4.06. The van der Waals surface area contributed by atoms with Crippen molar-refractivity contribution in [2.45, 2.75) is 13.3 Å². The molecular formula is C23H26O6S. The van der Waals surface area contributed by atoms with E-state index in [1.807, 2.05) is 73.7 Å². The number of esters is 1. The highest BCUT2D eigenvalue weighted by molar-refractivity contribution is 7.85. The third-order valence-corrected chi connectivity index (χ3v) is 4.75. The van der Waals surface area contributed by atoms with Crippen molar-refractivity contribution < 1.29 is 27.2 Å². The largest absolute Gasteiger partial charge is 0.461 e. The second-order valence-electron chi connectivity index (χ2n) is 6.48. The number of hydrogen-bond acceptors (Lipinski definition) is 5. The average molecular weight is 431 g/mol. The van der Waals surface area contributed by atoms with Crippen LogP contribution in [0.15, 0.2) is 78.4 Å². The van der Waals surface area contributed by atoms with Gasteiger partial charge in [0.2, 0.25) is 0 Å². The molecule has 2 aromatic carbocycles. The van der Waals surface area contributed by atoms with Gasteiger partial charge in [-0.3, -0.25) is 4.55 Å². The molecule has 0 aliphatic rings. The lowest BCUT2D eigenvalue weighted by Crippen LogP contribution is -2.18. The monoisotopic (exact) mass is 430 g/mol. The zero-order valence-corrected chi connectivity index (χ0v) is 17.7. The van der Waals surface area contributed by atoms with Crippen LogP contribution in [-0.4, -0.2) is 44.5 Å². The quantitative estimate of drug-likeness (QED) is 0.191. The summed E-state index contributed by atoms with van der Waals surface area (Å²) in [6.07, 6.45) is 4.24. The normalized spacial score (nSPS) is 11.7. The summed E-state index contributed by atoms with van der Waals surface area (Å²) < 4.78 is 41.0. The maximum Gasteiger partial charge on any atom is 0.336 e. The molecule has 0 aliphatic heterocycles. The second kappa shape index (κ2) is 12.1. The first-order valence-electron chi connectivity index (χ1n) is 9.62. The van der Waals surface area contributed by atoms with Crippen LogP contribution >= 0.6 is 0 Å². The standard InChI is InChI=1S/C23H26O6S/c1-2-15-28-18-21(23(24)29-16-17-30(25,26)27)13-14-22(19-9-5-3-6-10-19)20-11-7-4-8-12-20/h3-14H,2,15-18H2,1H3,(H,25,26,27)/b21-13-. The Bertz CT molecular complexity index is 922. The predicted molar refractivity (Wildman–Crippen MR) is 117 cm³/mol. The molecule has 7 heteroatoms. The van der Waals surface area contributed by atoms with Crippen LogP contribution in [-0.2, 0) is 24.4 Å². The first kappa shape index (κ1) is 23.5. The maximum atomic E-state index is 12.4. The highest BCUT2D eigenvalue weighted by Crippen LogP contribution is 2.23. The highest BCUT2D eigenvalue weighted by atomic mass is 32.2. The summed E-state index contributed by atoms with van der Waals surface area (Å²) in [7, 11) is -4.20. The van der Waals surface area contributed by atoms with Gasteiger partial charge < -0.3 is 9.47 Å².